The summed E-state index contributed by atoms with van der Waals surface area (Å²) in [6.45, 7) is 3.66. The van der Waals surface area contributed by atoms with Gasteiger partial charge in [0, 0.05) is 32.7 Å². The number of fused-ring (bicyclic) bond motifs is 1. The molecule has 0 spiro atoms. The maximum absolute atomic E-state index is 13.7. The predicted octanol–water partition coefficient (Wildman–Crippen LogP) is 2.64. The number of ether oxygens (including phenoxy) is 2. The second kappa shape index (κ2) is 14.5. The van der Waals surface area contributed by atoms with Crippen molar-refractivity contribution in [3.63, 3.8) is 0 Å². The van der Waals surface area contributed by atoms with Crippen LogP contribution < -0.4 is 5.32 Å². The number of rotatable bonds is 13. The zero-order chi connectivity index (χ0) is 28.6. The van der Waals surface area contributed by atoms with Crippen molar-refractivity contribution in [2.45, 2.75) is 68.5 Å². The molecule has 2 fully saturated rings. The van der Waals surface area contributed by atoms with Crippen molar-refractivity contribution in [2.75, 3.05) is 40.3 Å². The Morgan fingerprint density at radius 1 is 1.18 bits per heavy atom. The second-order valence-electron chi connectivity index (χ2n) is 11.2. The Hall–Kier alpha value is -2.34. The number of hydrogen-bond donors (Lipinski definition) is 3. The van der Waals surface area contributed by atoms with Crippen LogP contribution in [-0.4, -0.2) is 94.4 Å². The minimum absolute atomic E-state index is 0.0714. The van der Waals surface area contributed by atoms with Gasteiger partial charge in [0.05, 0.1) is 29.8 Å². The van der Waals surface area contributed by atoms with Crippen molar-refractivity contribution in [2.24, 2.45) is 5.92 Å². The van der Waals surface area contributed by atoms with Crippen molar-refractivity contribution in [1.82, 2.24) is 14.5 Å². The molecule has 2 aliphatic rings. The van der Waals surface area contributed by atoms with Gasteiger partial charge in [0.1, 0.15) is 17.1 Å². The van der Waals surface area contributed by atoms with E-state index in [4.69, 9.17) is 9.47 Å². The van der Waals surface area contributed by atoms with Crippen LogP contribution in [0.1, 0.15) is 36.0 Å². The van der Waals surface area contributed by atoms with Gasteiger partial charge < -0.3 is 29.9 Å². The lowest BCUT2D eigenvalue weighted by molar-refractivity contribution is 0.0558. The molecule has 220 valence electrons. The normalized spacial score (nSPS) is 22.7. The number of hydrogen-bond acceptors (Lipinski definition) is 7. The summed E-state index contributed by atoms with van der Waals surface area (Å²) in [5.74, 6) is 0.442. The zero-order valence-electron chi connectivity index (χ0n) is 23.7. The molecule has 10 heteroatoms. The molecule has 1 heterocycles. The van der Waals surface area contributed by atoms with Crippen LogP contribution in [0, 0.1) is 12.8 Å². The van der Waals surface area contributed by atoms with E-state index >= 15 is 0 Å². The highest BCUT2D eigenvalue weighted by Crippen LogP contribution is 2.37. The molecule has 4 rings (SSSR count). The van der Waals surface area contributed by atoms with E-state index in [1.807, 2.05) is 62.3 Å². The summed E-state index contributed by atoms with van der Waals surface area (Å²) in [4.78, 5) is 15.5. The second-order valence-corrected chi connectivity index (χ2v) is 12.6. The number of alkyl carbamates (subject to hydrolysis) is 1. The number of benzene rings is 2. The first-order valence-electron chi connectivity index (χ1n) is 14.1. The van der Waals surface area contributed by atoms with Crippen LogP contribution in [0.4, 0.5) is 4.79 Å². The molecular weight excluding hydrogens is 530 g/mol. The summed E-state index contributed by atoms with van der Waals surface area (Å²) < 4.78 is 26.9. The highest BCUT2D eigenvalue weighted by atomic mass is 32.2. The van der Waals surface area contributed by atoms with Crippen LogP contribution in [-0.2, 0) is 33.5 Å². The van der Waals surface area contributed by atoms with Crippen LogP contribution in [0.25, 0.3) is 0 Å². The number of aliphatic hydroxyl groups is 2. The van der Waals surface area contributed by atoms with Crippen molar-refractivity contribution in [1.29, 1.82) is 0 Å². The first kappa shape index (κ1) is 30.6. The Labute approximate surface area is 240 Å². The summed E-state index contributed by atoms with van der Waals surface area (Å²) in [6.07, 6.45) is 1.28. The Bertz CT molecular complexity index is 1120. The lowest BCUT2D eigenvalue weighted by Gasteiger charge is -2.30. The number of aliphatic hydroxyl groups excluding tert-OH is 2. The van der Waals surface area contributed by atoms with Crippen molar-refractivity contribution in [3.8, 4) is 0 Å². The number of aryl methyl sites for hydroxylation is 1. The van der Waals surface area contributed by atoms with E-state index in [1.165, 1.54) is 0 Å². The zero-order valence-corrected chi connectivity index (χ0v) is 24.5. The first-order valence-corrected chi connectivity index (χ1v) is 15.2. The lowest BCUT2D eigenvalue weighted by atomic mass is 10.0. The summed E-state index contributed by atoms with van der Waals surface area (Å²) in [5, 5.41) is 24.1. The number of carbonyl (C=O) groups is 1. The Morgan fingerprint density at radius 3 is 2.65 bits per heavy atom. The Balaban J connectivity index is 1.47. The van der Waals surface area contributed by atoms with Gasteiger partial charge in [-0.05, 0) is 75.0 Å². The standard InChI is InChI=1S/C30H43N3O6S/c1-21-9-10-26(17-24(21)20-34)40(37)33(13-12-32(2)3)19-28(35)27(15-22-7-5-4-6-8-22)31-30(36)39-25-16-23-11-14-38-29(23)18-25/h4-10,17,23,25,27-29,34-35H,11-16,18-20H2,1-3H3,(H,31,36)/t23-,25+,27+,28-,29+,40?/m1/s1. The molecule has 40 heavy (non-hydrogen) atoms. The minimum atomic E-state index is -1.58. The molecule has 1 aliphatic carbocycles. The third-order valence-electron chi connectivity index (χ3n) is 7.86. The van der Waals surface area contributed by atoms with Crippen molar-refractivity contribution >= 4 is 17.1 Å². The van der Waals surface area contributed by atoms with Gasteiger partial charge in [0.15, 0.2) is 0 Å². The number of carbonyl (C=O) groups excluding carboxylic acids is 1. The quantitative estimate of drug-likeness (QED) is 0.338. The van der Waals surface area contributed by atoms with Gasteiger partial charge in [0.2, 0.25) is 0 Å². The van der Waals surface area contributed by atoms with Crippen LogP contribution in [0.5, 0.6) is 0 Å². The summed E-state index contributed by atoms with van der Waals surface area (Å²) in [6, 6.07) is 14.4. The summed E-state index contributed by atoms with van der Waals surface area (Å²) in [5.41, 5.74) is 2.60. The van der Waals surface area contributed by atoms with Gasteiger partial charge in [-0.25, -0.2) is 13.3 Å². The number of amides is 1. The Morgan fingerprint density at radius 2 is 1.95 bits per heavy atom. The fourth-order valence-electron chi connectivity index (χ4n) is 5.47. The fraction of sp³-hybridized carbons (Fsp3) is 0.567. The van der Waals surface area contributed by atoms with E-state index in [2.05, 4.69) is 5.32 Å². The summed E-state index contributed by atoms with van der Waals surface area (Å²) in [7, 11) is 2.29. The van der Waals surface area contributed by atoms with Gasteiger partial charge in [0.25, 0.3) is 0 Å². The van der Waals surface area contributed by atoms with Crippen molar-refractivity contribution < 1.29 is 28.7 Å². The number of likely N-dealkylation sites (N-methyl/N-ethyl adjacent to an activating group) is 1. The average Bonchev–Trinajstić information content (AvgIpc) is 3.53. The SMILES string of the molecule is Cc1ccc(S(=O)N(CCN(C)C)C[C@@H](O)[C@H](Cc2ccccc2)NC(=O)O[C@H]2C[C@H]3CCO[C@H]3C2)cc1CO. The van der Waals surface area contributed by atoms with E-state index < -0.39 is 29.2 Å². The van der Waals surface area contributed by atoms with E-state index in [-0.39, 0.29) is 25.4 Å². The third-order valence-corrected chi connectivity index (χ3v) is 9.32. The molecule has 2 aromatic carbocycles. The average molecular weight is 574 g/mol. The van der Waals surface area contributed by atoms with E-state index in [9.17, 15) is 19.2 Å². The lowest BCUT2D eigenvalue weighted by Crippen LogP contribution is -2.51. The maximum Gasteiger partial charge on any atom is 0.407 e. The molecule has 0 radical (unpaired) electrons. The summed E-state index contributed by atoms with van der Waals surface area (Å²) >= 11 is 0. The largest absolute Gasteiger partial charge is 0.446 e. The molecule has 9 nitrogen and oxygen atoms in total. The van der Waals surface area contributed by atoms with Gasteiger partial charge in [-0.1, -0.05) is 36.4 Å². The molecule has 0 bridgehead atoms. The van der Waals surface area contributed by atoms with Gasteiger partial charge >= 0.3 is 6.09 Å². The van der Waals surface area contributed by atoms with E-state index in [1.54, 1.807) is 16.4 Å². The molecule has 2 aromatic rings. The number of nitrogens with zero attached hydrogens (tertiary/aromatic N) is 2. The molecule has 1 unspecified atom stereocenters. The molecule has 3 N–H and O–H groups in total. The molecule has 0 aromatic heterocycles. The molecular formula is C30H43N3O6S. The number of nitrogens with one attached hydrogen (secondary N) is 1. The molecule has 1 aliphatic heterocycles. The van der Waals surface area contributed by atoms with Gasteiger partial charge in [-0.2, -0.15) is 0 Å². The van der Waals surface area contributed by atoms with Crippen LogP contribution in [0.3, 0.4) is 0 Å². The highest BCUT2D eigenvalue weighted by molar-refractivity contribution is 7.82. The molecule has 6 atom stereocenters. The van der Waals surface area contributed by atoms with Gasteiger partial charge in [-0.3, -0.25) is 0 Å². The third kappa shape index (κ3) is 8.34. The van der Waals surface area contributed by atoms with Crippen LogP contribution >= 0.6 is 0 Å². The predicted molar refractivity (Wildman–Crippen MR) is 154 cm³/mol. The van der Waals surface area contributed by atoms with Gasteiger partial charge in [-0.15, -0.1) is 0 Å². The molecule has 1 saturated carbocycles. The van der Waals surface area contributed by atoms with Crippen LogP contribution in [0.15, 0.2) is 53.4 Å². The topological polar surface area (TPSA) is 112 Å². The highest BCUT2D eigenvalue weighted by Gasteiger charge is 2.40. The molecule has 1 amide bonds. The minimum Gasteiger partial charge on any atom is -0.446 e. The van der Waals surface area contributed by atoms with E-state index in [0.717, 1.165) is 30.6 Å². The van der Waals surface area contributed by atoms with E-state index in [0.29, 0.717) is 42.3 Å². The first-order chi connectivity index (χ1) is 19.2. The smallest absolute Gasteiger partial charge is 0.407 e. The fourth-order valence-corrected chi connectivity index (χ4v) is 6.73. The Kier molecular flexibility index (Phi) is 11.1. The van der Waals surface area contributed by atoms with Crippen molar-refractivity contribution in [3.05, 3.63) is 65.2 Å². The maximum atomic E-state index is 13.7. The molecule has 1 saturated heterocycles. The van der Waals surface area contributed by atoms with Crippen LogP contribution in [0.2, 0.25) is 0 Å². The monoisotopic (exact) mass is 573 g/mol.